The Morgan fingerprint density at radius 3 is 2.77 bits per heavy atom. The molecular formula is C20H26N4O2. The number of piperidine rings is 1. The molecule has 0 radical (unpaired) electrons. The molecule has 0 N–H and O–H groups in total. The van der Waals surface area contributed by atoms with Gasteiger partial charge in [0.25, 0.3) is 5.56 Å². The van der Waals surface area contributed by atoms with E-state index in [1.54, 1.807) is 4.68 Å². The Hall–Kier alpha value is -1.95. The van der Waals surface area contributed by atoms with Crippen molar-refractivity contribution in [2.45, 2.75) is 64.0 Å². The first-order valence-corrected chi connectivity index (χ1v) is 10.0. The quantitative estimate of drug-likeness (QED) is 0.825. The molecule has 2 aliphatic carbocycles. The third kappa shape index (κ3) is 3.34. The second-order valence-electron chi connectivity index (χ2n) is 8.20. The number of likely N-dealkylation sites (tertiary alicyclic amines) is 1. The summed E-state index contributed by atoms with van der Waals surface area (Å²) in [6.07, 6.45) is 7.88. The van der Waals surface area contributed by atoms with Gasteiger partial charge in [-0.1, -0.05) is 5.16 Å². The van der Waals surface area contributed by atoms with Crippen molar-refractivity contribution in [1.82, 2.24) is 19.8 Å². The lowest BCUT2D eigenvalue weighted by atomic mass is 9.96. The lowest BCUT2D eigenvalue weighted by Gasteiger charge is -2.31. The second kappa shape index (κ2) is 6.65. The van der Waals surface area contributed by atoms with Crippen LogP contribution in [-0.2, 0) is 25.9 Å². The van der Waals surface area contributed by atoms with Gasteiger partial charge in [-0.3, -0.25) is 9.69 Å². The van der Waals surface area contributed by atoms with Gasteiger partial charge in [0, 0.05) is 31.1 Å². The Labute approximate surface area is 153 Å². The zero-order valence-electron chi connectivity index (χ0n) is 15.2. The standard InChI is InChI=1S/C20H26N4O2/c25-20-10-16-2-1-3-18(16)21-24(20)12-14-6-8-23(9-7-14)13-17-11-19(26-22-17)15-4-5-15/h10-11,14-15H,1-9,12-13H2. The van der Waals surface area contributed by atoms with Crippen molar-refractivity contribution in [2.24, 2.45) is 5.92 Å². The topological polar surface area (TPSA) is 64.2 Å². The molecule has 0 amide bonds. The van der Waals surface area contributed by atoms with Crippen LogP contribution in [-0.4, -0.2) is 32.9 Å². The summed E-state index contributed by atoms with van der Waals surface area (Å²) in [6.45, 7) is 3.74. The lowest BCUT2D eigenvalue weighted by molar-refractivity contribution is 0.160. The van der Waals surface area contributed by atoms with E-state index in [2.05, 4.69) is 21.2 Å². The van der Waals surface area contributed by atoms with Crippen LogP contribution in [0.3, 0.4) is 0 Å². The van der Waals surface area contributed by atoms with Gasteiger partial charge in [0.2, 0.25) is 0 Å². The zero-order valence-corrected chi connectivity index (χ0v) is 15.2. The molecule has 6 heteroatoms. The molecule has 2 fully saturated rings. The van der Waals surface area contributed by atoms with Gasteiger partial charge in [-0.25, -0.2) is 4.68 Å². The van der Waals surface area contributed by atoms with Crippen LogP contribution >= 0.6 is 0 Å². The lowest BCUT2D eigenvalue weighted by Crippen LogP contribution is -2.36. The molecule has 0 unspecified atom stereocenters. The van der Waals surface area contributed by atoms with Crippen molar-refractivity contribution in [3.63, 3.8) is 0 Å². The average molecular weight is 354 g/mol. The molecule has 1 aliphatic heterocycles. The molecule has 3 heterocycles. The van der Waals surface area contributed by atoms with Crippen molar-refractivity contribution in [2.75, 3.05) is 13.1 Å². The summed E-state index contributed by atoms with van der Waals surface area (Å²) in [4.78, 5) is 14.7. The SMILES string of the molecule is O=c1cc2c(nn1CC1CCN(Cc3cc(C4CC4)on3)CC1)CCC2. The summed E-state index contributed by atoms with van der Waals surface area (Å²) in [5.74, 6) is 2.23. The molecule has 2 aromatic heterocycles. The van der Waals surface area contributed by atoms with Crippen molar-refractivity contribution < 1.29 is 4.52 Å². The maximum atomic E-state index is 12.3. The number of hydrogen-bond acceptors (Lipinski definition) is 5. The molecule has 26 heavy (non-hydrogen) atoms. The van der Waals surface area contributed by atoms with Crippen molar-refractivity contribution in [1.29, 1.82) is 0 Å². The van der Waals surface area contributed by atoms with Crippen LogP contribution in [0.25, 0.3) is 0 Å². The Kier molecular flexibility index (Phi) is 4.15. The fourth-order valence-corrected chi connectivity index (χ4v) is 4.33. The van der Waals surface area contributed by atoms with Gasteiger partial charge in [0.1, 0.15) is 5.76 Å². The monoisotopic (exact) mass is 354 g/mol. The molecule has 0 bridgehead atoms. The molecule has 1 saturated carbocycles. The number of aromatic nitrogens is 3. The molecule has 1 saturated heterocycles. The van der Waals surface area contributed by atoms with E-state index < -0.39 is 0 Å². The number of hydrogen-bond donors (Lipinski definition) is 0. The van der Waals surface area contributed by atoms with E-state index in [0.717, 1.165) is 75.4 Å². The minimum absolute atomic E-state index is 0.0725. The largest absolute Gasteiger partial charge is 0.361 e. The molecular weight excluding hydrogens is 328 g/mol. The first-order chi connectivity index (χ1) is 12.7. The number of fused-ring (bicyclic) bond motifs is 1. The fraction of sp³-hybridized carbons (Fsp3) is 0.650. The fourth-order valence-electron chi connectivity index (χ4n) is 4.33. The van der Waals surface area contributed by atoms with Crippen molar-refractivity contribution >= 4 is 0 Å². The molecule has 3 aliphatic rings. The van der Waals surface area contributed by atoms with Crippen LogP contribution in [0.1, 0.15) is 60.7 Å². The molecule has 2 aromatic rings. The Balaban J connectivity index is 1.16. The van der Waals surface area contributed by atoms with Crippen LogP contribution in [0, 0.1) is 5.92 Å². The van der Waals surface area contributed by atoms with Crippen LogP contribution in [0.2, 0.25) is 0 Å². The molecule has 0 spiro atoms. The van der Waals surface area contributed by atoms with Gasteiger partial charge in [0.05, 0.1) is 11.4 Å². The number of nitrogens with zero attached hydrogens (tertiary/aromatic N) is 4. The van der Waals surface area contributed by atoms with E-state index in [-0.39, 0.29) is 5.56 Å². The highest BCUT2D eigenvalue weighted by atomic mass is 16.5. The minimum Gasteiger partial charge on any atom is -0.361 e. The molecule has 0 atom stereocenters. The maximum absolute atomic E-state index is 12.3. The summed E-state index contributed by atoms with van der Waals surface area (Å²) < 4.78 is 7.17. The molecule has 0 aromatic carbocycles. The van der Waals surface area contributed by atoms with Crippen LogP contribution < -0.4 is 5.56 Å². The summed E-state index contributed by atoms with van der Waals surface area (Å²) in [5, 5.41) is 8.86. The summed E-state index contributed by atoms with van der Waals surface area (Å²) in [5.41, 5.74) is 3.43. The van der Waals surface area contributed by atoms with Crippen LogP contribution in [0.5, 0.6) is 0 Å². The van der Waals surface area contributed by atoms with Crippen LogP contribution in [0.15, 0.2) is 21.5 Å². The van der Waals surface area contributed by atoms with E-state index in [4.69, 9.17) is 4.52 Å². The van der Waals surface area contributed by atoms with Gasteiger partial charge in [-0.2, -0.15) is 5.10 Å². The third-order valence-corrected chi connectivity index (χ3v) is 6.10. The number of rotatable bonds is 5. The van der Waals surface area contributed by atoms with Gasteiger partial charge >= 0.3 is 0 Å². The third-order valence-electron chi connectivity index (χ3n) is 6.10. The predicted molar refractivity (Wildman–Crippen MR) is 97.0 cm³/mol. The van der Waals surface area contributed by atoms with E-state index in [9.17, 15) is 4.79 Å². The summed E-state index contributed by atoms with van der Waals surface area (Å²) in [6, 6.07) is 3.95. The van der Waals surface area contributed by atoms with E-state index in [1.165, 1.54) is 18.4 Å². The Morgan fingerprint density at radius 2 is 1.96 bits per heavy atom. The average Bonchev–Trinajstić information content (AvgIpc) is 3.23. The van der Waals surface area contributed by atoms with Gasteiger partial charge in [0.15, 0.2) is 0 Å². The zero-order chi connectivity index (χ0) is 17.5. The maximum Gasteiger partial charge on any atom is 0.267 e. The van der Waals surface area contributed by atoms with E-state index in [0.29, 0.717) is 11.8 Å². The summed E-state index contributed by atoms with van der Waals surface area (Å²) in [7, 11) is 0. The Bertz CT molecular complexity index is 844. The van der Waals surface area contributed by atoms with E-state index >= 15 is 0 Å². The normalized spacial score (nSPS) is 21.2. The Morgan fingerprint density at radius 1 is 1.12 bits per heavy atom. The van der Waals surface area contributed by atoms with Crippen molar-refractivity contribution in [3.05, 3.63) is 45.2 Å². The van der Waals surface area contributed by atoms with E-state index in [1.807, 2.05) is 6.07 Å². The highest BCUT2D eigenvalue weighted by molar-refractivity contribution is 5.22. The van der Waals surface area contributed by atoms with Gasteiger partial charge in [-0.15, -0.1) is 0 Å². The molecule has 5 rings (SSSR count). The minimum atomic E-state index is 0.0725. The number of aryl methyl sites for hydroxylation is 2. The van der Waals surface area contributed by atoms with Gasteiger partial charge in [-0.05, 0) is 69.5 Å². The second-order valence-corrected chi connectivity index (χ2v) is 8.20. The first-order valence-electron chi connectivity index (χ1n) is 10.0. The molecule has 6 nitrogen and oxygen atoms in total. The highest BCUT2D eigenvalue weighted by Gasteiger charge is 2.28. The van der Waals surface area contributed by atoms with Crippen molar-refractivity contribution in [3.8, 4) is 0 Å². The van der Waals surface area contributed by atoms with Gasteiger partial charge < -0.3 is 4.52 Å². The predicted octanol–water partition coefficient (Wildman–Crippen LogP) is 2.51. The first kappa shape index (κ1) is 16.2. The molecule has 138 valence electrons. The highest BCUT2D eigenvalue weighted by Crippen LogP contribution is 2.40. The smallest absolute Gasteiger partial charge is 0.267 e. The van der Waals surface area contributed by atoms with Crippen LogP contribution in [0.4, 0.5) is 0 Å². The summed E-state index contributed by atoms with van der Waals surface area (Å²) >= 11 is 0.